The number of alkyl halides is 3. The third-order valence-electron chi connectivity index (χ3n) is 6.41. The Morgan fingerprint density at radius 2 is 1.62 bits per heavy atom. The van der Waals surface area contributed by atoms with E-state index < -0.39 is 15.5 Å². The molecule has 0 atom stereocenters. The third kappa shape index (κ3) is 4.89. The van der Waals surface area contributed by atoms with Crippen molar-refractivity contribution in [3.63, 3.8) is 0 Å². The zero-order valence-corrected chi connectivity index (χ0v) is 19.1. The van der Waals surface area contributed by atoms with Gasteiger partial charge in [-0.15, -0.1) is 0 Å². The van der Waals surface area contributed by atoms with Crippen LogP contribution < -0.4 is 10.1 Å². The summed E-state index contributed by atoms with van der Waals surface area (Å²) in [5.41, 5.74) is -1.61. The van der Waals surface area contributed by atoms with E-state index in [0.29, 0.717) is 18.7 Å². The fourth-order valence-corrected chi connectivity index (χ4v) is 5.20. The van der Waals surface area contributed by atoms with E-state index in [9.17, 15) is 26.4 Å². The fraction of sp³-hybridized carbons (Fsp3) is 0.391. The minimum absolute atomic E-state index is 0.0458. The number of piperidine rings is 1. The van der Waals surface area contributed by atoms with E-state index in [-0.39, 0.29) is 29.1 Å². The van der Waals surface area contributed by atoms with Gasteiger partial charge in [-0.2, -0.15) is 26.7 Å². The number of likely N-dealkylation sites (tertiary alicyclic amines) is 1. The maximum Gasteiger partial charge on any atom is 0.516 e. The lowest BCUT2D eigenvalue weighted by atomic mass is 9.75. The summed E-state index contributed by atoms with van der Waals surface area (Å²) in [4.78, 5) is 15.0. The lowest BCUT2D eigenvalue weighted by Crippen LogP contribution is -2.51. The van der Waals surface area contributed by atoms with Crippen LogP contribution in [0.5, 0.6) is 0 Å². The van der Waals surface area contributed by atoms with E-state index >= 15 is 0 Å². The number of sulfonamides is 1. The first-order valence-corrected chi connectivity index (χ1v) is 12.5. The number of hydrazone groups is 1. The molecule has 2 fully saturated rings. The maximum absolute atomic E-state index is 13.5. The van der Waals surface area contributed by atoms with Crippen molar-refractivity contribution in [2.45, 2.75) is 44.2 Å². The van der Waals surface area contributed by atoms with Crippen molar-refractivity contribution in [3.8, 4) is 0 Å². The molecule has 2 aromatic carbocycles. The second-order valence-electron chi connectivity index (χ2n) is 8.61. The molecule has 182 valence electrons. The van der Waals surface area contributed by atoms with Crippen LogP contribution in [0.2, 0.25) is 0 Å². The number of hydrogen-bond acceptors (Lipinski definition) is 5. The molecule has 0 unspecified atom stereocenters. The lowest BCUT2D eigenvalue weighted by molar-refractivity contribution is -0.127. The molecule has 1 saturated carbocycles. The SMILES string of the molecule is O=C1/C(=N/Nc2ccccc2)C2(CCCC2)CCN1Cc1ccccc1NS(=O)(=O)C(F)(F)F. The van der Waals surface area contributed by atoms with Crippen LogP contribution in [0.1, 0.15) is 37.7 Å². The molecule has 11 heteroatoms. The normalized spacial score (nSPS) is 19.6. The zero-order chi connectivity index (χ0) is 24.4. The summed E-state index contributed by atoms with van der Waals surface area (Å²) in [5.74, 6) is -0.301. The van der Waals surface area contributed by atoms with Crippen LogP contribution in [0.25, 0.3) is 0 Å². The summed E-state index contributed by atoms with van der Waals surface area (Å²) in [5, 5.41) is 4.49. The van der Waals surface area contributed by atoms with Crippen molar-refractivity contribution in [3.05, 3.63) is 60.2 Å². The topological polar surface area (TPSA) is 90.9 Å². The molecule has 1 aliphatic carbocycles. The van der Waals surface area contributed by atoms with Gasteiger partial charge in [-0.25, -0.2) is 0 Å². The van der Waals surface area contributed by atoms with Crippen molar-refractivity contribution in [1.82, 2.24) is 4.90 Å². The second-order valence-corrected chi connectivity index (χ2v) is 10.3. The number of amides is 1. The first-order chi connectivity index (χ1) is 16.1. The highest BCUT2D eigenvalue weighted by atomic mass is 32.2. The predicted molar refractivity (Wildman–Crippen MR) is 123 cm³/mol. The highest BCUT2D eigenvalue weighted by molar-refractivity contribution is 7.93. The molecule has 34 heavy (non-hydrogen) atoms. The Morgan fingerprint density at radius 1 is 0.971 bits per heavy atom. The Labute approximate surface area is 196 Å². The number of anilines is 2. The average Bonchev–Trinajstić information content (AvgIpc) is 3.26. The van der Waals surface area contributed by atoms with Crippen LogP contribution in [0, 0.1) is 5.41 Å². The number of nitrogens with zero attached hydrogens (tertiary/aromatic N) is 2. The molecule has 7 nitrogen and oxygen atoms in total. The standard InChI is InChI=1S/C23H25F3N4O3S/c24-23(25,26)34(32,33)29-19-11-5-4-8-17(19)16-30-15-14-22(12-6-7-13-22)20(21(30)31)28-27-18-9-2-1-3-10-18/h1-5,8-11,27,29H,6-7,12-16H2/b28-20-. The summed E-state index contributed by atoms with van der Waals surface area (Å²) in [7, 11) is -5.58. The van der Waals surface area contributed by atoms with Gasteiger partial charge in [0.1, 0.15) is 5.71 Å². The van der Waals surface area contributed by atoms with Gasteiger partial charge in [0.05, 0.1) is 11.4 Å². The molecule has 0 bridgehead atoms. The van der Waals surface area contributed by atoms with Crippen LogP contribution in [0.3, 0.4) is 0 Å². The number of para-hydroxylation sites is 2. The smallest absolute Gasteiger partial charge is 0.333 e. The van der Waals surface area contributed by atoms with Crippen molar-refractivity contribution in [2.75, 3.05) is 16.7 Å². The Balaban J connectivity index is 1.59. The van der Waals surface area contributed by atoms with Crippen LogP contribution in [0.4, 0.5) is 24.5 Å². The molecule has 0 aromatic heterocycles. The largest absolute Gasteiger partial charge is 0.516 e. The Kier molecular flexibility index (Phi) is 6.57. The van der Waals surface area contributed by atoms with E-state index in [1.807, 2.05) is 30.3 Å². The van der Waals surface area contributed by atoms with E-state index in [2.05, 4.69) is 10.5 Å². The van der Waals surface area contributed by atoms with E-state index in [0.717, 1.165) is 31.4 Å². The Bertz CT molecular complexity index is 1180. The number of carbonyl (C=O) groups excluding carboxylic acids is 1. The van der Waals surface area contributed by atoms with Crippen LogP contribution in [-0.2, 0) is 21.4 Å². The zero-order valence-electron chi connectivity index (χ0n) is 18.3. The van der Waals surface area contributed by atoms with E-state index in [4.69, 9.17) is 0 Å². The summed E-state index contributed by atoms with van der Waals surface area (Å²) in [6, 6.07) is 15.0. The molecule has 1 spiro atoms. The van der Waals surface area contributed by atoms with Crippen LogP contribution >= 0.6 is 0 Å². The molecule has 2 aromatic rings. The summed E-state index contributed by atoms with van der Waals surface area (Å²) >= 11 is 0. The lowest BCUT2D eigenvalue weighted by Gasteiger charge is -2.40. The Morgan fingerprint density at radius 3 is 2.29 bits per heavy atom. The molecule has 1 heterocycles. The molecule has 0 radical (unpaired) electrons. The van der Waals surface area contributed by atoms with Gasteiger partial charge in [0.15, 0.2) is 0 Å². The molecule has 1 amide bonds. The summed E-state index contributed by atoms with van der Waals surface area (Å²) in [6.07, 6.45) is 4.39. The highest BCUT2D eigenvalue weighted by Gasteiger charge is 2.48. The maximum atomic E-state index is 13.5. The van der Waals surface area contributed by atoms with Gasteiger partial charge in [-0.3, -0.25) is 14.9 Å². The number of hydrogen-bond donors (Lipinski definition) is 2. The van der Waals surface area contributed by atoms with Crippen LogP contribution in [0.15, 0.2) is 59.7 Å². The number of halogens is 3. The molecule has 4 rings (SSSR count). The van der Waals surface area contributed by atoms with Gasteiger partial charge in [-0.1, -0.05) is 49.2 Å². The van der Waals surface area contributed by atoms with Gasteiger partial charge in [-0.05, 0) is 43.0 Å². The monoisotopic (exact) mass is 494 g/mol. The summed E-state index contributed by atoms with van der Waals surface area (Å²) in [6.45, 7) is 0.360. The average molecular weight is 495 g/mol. The molecule has 2 aliphatic rings. The minimum atomic E-state index is -5.58. The number of nitrogens with one attached hydrogen (secondary N) is 2. The molecule has 1 aliphatic heterocycles. The van der Waals surface area contributed by atoms with Gasteiger partial charge >= 0.3 is 15.5 Å². The van der Waals surface area contributed by atoms with Crippen molar-refractivity contribution in [1.29, 1.82) is 0 Å². The Hall–Kier alpha value is -3.08. The predicted octanol–water partition coefficient (Wildman–Crippen LogP) is 4.71. The minimum Gasteiger partial charge on any atom is -0.333 e. The third-order valence-corrected chi connectivity index (χ3v) is 7.51. The summed E-state index contributed by atoms with van der Waals surface area (Å²) < 4.78 is 63.5. The highest BCUT2D eigenvalue weighted by Crippen LogP contribution is 2.45. The van der Waals surface area contributed by atoms with Crippen molar-refractivity contribution in [2.24, 2.45) is 10.5 Å². The number of benzene rings is 2. The fourth-order valence-electron chi connectivity index (χ4n) is 4.60. The van der Waals surface area contributed by atoms with Gasteiger partial charge in [0.25, 0.3) is 5.91 Å². The molecule has 2 N–H and O–H groups in total. The van der Waals surface area contributed by atoms with E-state index in [1.165, 1.54) is 23.1 Å². The number of carbonyl (C=O) groups is 1. The van der Waals surface area contributed by atoms with Crippen molar-refractivity contribution < 1.29 is 26.4 Å². The first kappa shape index (κ1) is 24.1. The van der Waals surface area contributed by atoms with Gasteiger partial charge < -0.3 is 4.90 Å². The van der Waals surface area contributed by atoms with Gasteiger partial charge in [0.2, 0.25) is 0 Å². The number of rotatable bonds is 6. The van der Waals surface area contributed by atoms with E-state index in [1.54, 1.807) is 10.8 Å². The van der Waals surface area contributed by atoms with Crippen LogP contribution in [-0.4, -0.2) is 37.0 Å². The molecular formula is C23H25F3N4O3S. The second kappa shape index (κ2) is 9.28. The quantitative estimate of drug-likeness (QED) is 0.569. The first-order valence-electron chi connectivity index (χ1n) is 11.0. The molecule has 1 saturated heterocycles. The molecular weight excluding hydrogens is 469 g/mol. The van der Waals surface area contributed by atoms with Crippen molar-refractivity contribution >= 4 is 33.0 Å². The van der Waals surface area contributed by atoms with Gasteiger partial charge in [0, 0.05) is 18.5 Å².